The molecule has 1 aromatic carbocycles. The summed E-state index contributed by atoms with van der Waals surface area (Å²) in [6.07, 6.45) is 2.48. The highest BCUT2D eigenvalue weighted by molar-refractivity contribution is 9.10. The highest BCUT2D eigenvalue weighted by Crippen LogP contribution is 2.34. The van der Waals surface area contributed by atoms with Crippen molar-refractivity contribution >= 4 is 15.9 Å². The van der Waals surface area contributed by atoms with Crippen LogP contribution in [0.3, 0.4) is 0 Å². The second-order valence-electron chi connectivity index (χ2n) is 4.47. The molecule has 1 aromatic rings. The van der Waals surface area contributed by atoms with E-state index in [4.69, 9.17) is 0 Å². The summed E-state index contributed by atoms with van der Waals surface area (Å²) in [5.74, 6) is 0.863. The Balaban J connectivity index is 2.08. The van der Waals surface area contributed by atoms with Gasteiger partial charge in [0, 0.05) is 16.6 Å². The van der Waals surface area contributed by atoms with Gasteiger partial charge in [-0.15, -0.1) is 0 Å². The molecule has 0 spiro atoms. The number of hydrogen-bond acceptors (Lipinski definition) is 1. The van der Waals surface area contributed by atoms with Gasteiger partial charge in [-0.2, -0.15) is 0 Å². The summed E-state index contributed by atoms with van der Waals surface area (Å²) in [5.41, 5.74) is 1.39. The van der Waals surface area contributed by atoms with E-state index in [1.165, 1.54) is 16.5 Å². The SMILES string of the molecule is CCC(NC1CC1C)c1ccccc1Br. The molecule has 0 heterocycles. The molecular formula is C13H18BrN. The first-order valence-electron chi connectivity index (χ1n) is 5.72. The Morgan fingerprint density at radius 2 is 2.13 bits per heavy atom. The van der Waals surface area contributed by atoms with Crippen molar-refractivity contribution in [3.8, 4) is 0 Å². The summed E-state index contributed by atoms with van der Waals surface area (Å²) in [4.78, 5) is 0. The van der Waals surface area contributed by atoms with E-state index in [-0.39, 0.29) is 0 Å². The second-order valence-corrected chi connectivity index (χ2v) is 5.32. The van der Waals surface area contributed by atoms with E-state index in [1.807, 2.05) is 0 Å². The number of hydrogen-bond donors (Lipinski definition) is 1. The van der Waals surface area contributed by atoms with E-state index in [1.54, 1.807) is 0 Å². The van der Waals surface area contributed by atoms with Crippen LogP contribution in [0.4, 0.5) is 0 Å². The first-order valence-corrected chi connectivity index (χ1v) is 6.52. The van der Waals surface area contributed by atoms with Crippen LogP contribution in [0.2, 0.25) is 0 Å². The lowest BCUT2D eigenvalue weighted by molar-refractivity contribution is 0.501. The zero-order chi connectivity index (χ0) is 10.8. The Kier molecular flexibility index (Phi) is 3.47. The van der Waals surface area contributed by atoms with Crippen molar-refractivity contribution in [2.24, 2.45) is 5.92 Å². The molecule has 2 rings (SSSR count). The zero-order valence-electron chi connectivity index (χ0n) is 9.33. The van der Waals surface area contributed by atoms with Crippen molar-refractivity contribution in [2.75, 3.05) is 0 Å². The number of rotatable bonds is 4. The fourth-order valence-corrected chi connectivity index (χ4v) is 2.56. The van der Waals surface area contributed by atoms with Crippen LogP contribution in [0.5, 0.6) is 0 Å². The molecule has 1 N–H and O–H groups in total. The van der Waals surface area contributed by atoms with Gasteiger partial charge >= 0.3 is 0 Å². The van der Waals surface area contributed by atoms with Crippen molar-refractivity contribution in [2.45, 2.75) is 38.8 Å². The van der Waals surface area contributed by atoms with E-state index in [9.17, 15) is 0 Å². The first kappa shape index (κ1) is 11.2. The summed E-state index contributed by atoms with van der Waals surface area (Å²) in [5, 5.41) is 3.72. The van der Waals surface area contributed by atoms with Crippen LogP contribution in [-0.4, -0.2) is 6.04 Å². The van der Waals surface area contributed by atoms with Crippen LogP contribution < -0.4 is 5.32 Å². The van der Waals surface area contributed by atoms with Crippen LogP contribution in [0, 0.1) is 5.92 Å². The van der Waals surface area contributed by atoms with Gasteiger partial charge in [0.05, 0.1) is 0 Å². The molecule has 2 heteroatoms. The molecular weight excluding hydrogens is 250 g/mol. The van der Waals surface area contributed by atoms with Gasteiger partial charge in [0.2, 0.25) is 0 Å². The monoisotopic (exact) mass is 267 g/mol. The average Bonchev–Trinajstić information content (AvgIpc) is 2.92. The molecule has 0 aliphatic heterocycles. The molecule has 0 saturated heterocycles. The maximum atomic E-state index is 3.72. The van der Waals surface area contributed by atoms with Gasteiger partial charge in [-0.3, -0.25) is 0 Å². The third-order valence-corrected chi connectivity index (χ3v) is 3.94. The average molecular weight is 268 g/mol. The highest BCUT2D eigenvalue weighted by Gasteiger charge is 2.34. The van der Waals surface area contributed by atoms with Crippen LogP contribution in [0.25, 0.3) is 0 Å². The van der Waals surface area contributed by atoms with Gasteiger partial charge < -0.3 is 5.32 Å². The number of nitrogens with one attached hydrogen (secondary N) is 1. The lowest BCUT2D eigenvalue weighted by Crippen LogP contribution is -2.24. The molecule has 1 aliphatic carbocycles. The van der Waals surface area contributed by atoms with Crippen molar-refractivity contribution < 1.29 is 0 Å². The lowest BCUT2D eigenvalue weighted by Gasteiger charge is -2.18. The normalized spacial score (nSPS) is 26.3. The van der Waals surface area contributed by atoms with Crippen molar-refractivity contribution in [1.29, 1.82) is 0 Å². The second kappa shape index (κ2) is 4.67. The smallest absolute Gasteiger partial charge is 0.0331 e. The minimum Gasteiger partial charge on any atom is -0.307 e. The highest BCUT2D eigenvalue weighted by atomic mass is 79.9. The molecule has 0 amide bonds. The van der Waals surface area contributed by atoms with Gasteiger partial charge in [0.1, 0.15) is 0 Å². The molecule has 0 radical (unpaired) electrons. The largest absolute Gasteiger partial charge is 0.307 e. The van der Waals surface area contributed by atoms with Gasteiger partial charge in [-0.1, -0.05) is 48.0 Å². The Labute approximate surface area is 100 Å². The Morgan fingerprint density at radius 3 is 2.67 bits per heavy atom. The van der Waals surface area contributed by atoms with E-state index in [2.05, 4.69) is 59.4 Å². The molecule has 1 saturated carbocycles. The topological polar surface area (TPSA) is 12.0 Å². The van der Waals surface area contributed by atoms with Crippen LogP contribution >= 0.6 is 15.9 Å². The van der Waals surface area contributed by atoms with E-state index in [0.717, 1.165) is 18.4 Å². The fourth-order valence-electron chi connectivity index (χ4n) is 2.00. The van der Waals surface area contributed by atoms with Gasteiger partial charge in [0.25, 0.3) is 0 Å². The summed E-state index contributed by atoms with van der Waals surface area (Å²) in [7, 11) is 0. The fraction of sp³-hybridized carbons (Fsp3) is 0.538. The van der Waals surface area contributed by atoms with Crippen molar-refractivity contribution in [3.05, 3.63) is 34.3 Å². The van der Waals surface area contributed by atoms with Gasteiger partial charge in [-0.05, 0) is 30.4 Å². The molecule has 3 atom stereocenters. The molecule has 3 unspecified atom stereocenters. The quantitative estimate of drug-likeness (QED) is 0.873. The Hall–Kier alpha value is -0.340. The van der Waals surface area contributed by atoms with E-state index >= 15 is 0 Å². The standard InChI is InChI=1S/C13H18BrN/c1-3-12(15-13-8-9(13)2)10-6-4-5-7-11(10)14/h4-7,9,12-13,15H,3,8H2,1-2H3. The first-order chi connectivity index (χ1) is 7.22. The van der Waals surface area contributed by atoms with E-state index < -0.39 is 0 Å². The van der Waals surface area contributed by atoms with Gasteiger partial charge in [0.15, 0.2) is 0 Å². The summed E-state index contributed by atoms with van der Waals surface area (Å²) in [6, 6.07) is 9.74. The van der Waals surface area contributed by atoms with Gasteiger partial charge in [-0.25, -0.2) is 0 Å². The molecule has 1 aliphatic rings. The summed E-state index contributed by atoms with van der Waals surface area (Å²) >= 11 is 3.62. The Bertz CT molecular complexity index is 337. The zero-order valence-corrected chi connectivity index (χ0v) is 10.9. The molecule has 1 fully saturated rings. The number of benzene rings is 1. The maximum Gasteiger partial charge on any atom is 0.0331 e. The molecule has 0 aromatic heterocycles. The van der Waals surface area contributed by atoms with Crippen molar-refractivity contribution in [1.82, 2.24) is 5.32 Å². The maximum absolute atomic E-state index is 3.72. The third-order valence-electron chi connectivity index (χ3n) is 3.21. The Morgan fingerprint density at radius 1 is 1.47 bits per heavy atom. The molecule has 15 heavy (non-hydrogen) atoms. The molecule has 1 nitrogen and oxygen atoms in total. The van der Waals surface area contributed by atoms with Crippen LogP contribution in [0.1, 0.15) is 38.3 Å². The summed E-state index contributed by atoms with van der Waals surface area (Å²) in [6.45, 7) is 4.55. The lowest BCUT2D eigenvalue weighted by atomic mass is 10.0. The number of halogens is 1. The van der Waals surface area contributed by atoms with E-state index in [0.29, 0.717) is 6.04 Å². The minimum atomic E-state index is 0.496. The predicted molar refractivity (Wildman–Crippen MR) is 67.9 cm³/mol. The van der Waals surface area contributed by atoms with Crippen LogP contribution in [0.15, 0.2) is 28.7 Å². The predicted octanol–water partition coefficient (Wildman–Crippen LogP) is 3.90. The molecule has 0 bridgehead atoms. The van der Waals surface area contributed by atoms with Crippen LogP contribution in [-0.2, 0) is 0 Å². The third kappa shape index (κ3) is 2.61. The molecule has 82 valence electrons. The van der Waals surface area contributed by atoms with Crippen molar-refractivity contribution in [3.63, 3.8) is 0 Å². The summed E-state index contributed by atoms with van der Waals surface area (Å²) < 4.78 is 1.22. The minimum absolute atomic E-state index is 0.496.